The monoisotopic (exact) mass is 336 g/mol. The maximum absolute atomic E-state index is 14.0. The number of nitrogens with zero attached hydrogens (tertiary/aromatic N) is 3. The van der Waals surface area contributed by atoms with Crippen LogP contribution in [0.4, 0.5) is 20.7 Å². The maximum atomic E-state index is 14.0. The molecule has 2 N–H and O–H groups in total. The number of rotatable bonds is 1. The van der Waals surface area contributed by atoms with Crippen LogP contribution in [0.1, 0.15) is 33.6 Å². The fourth-order valence-corrected chi connectivity index (χ4v) is 3.41. The zero-order chi connectivity index (χ0) is 17.5. The van der Waals surface area contributed by atoms with Crippen LogP contribution in [0, 0.1) is 11.2 Å². The third kappa shape index (κ3) is 3.39. The average Bonchev–Trinajstić information content (AvgIpc) is 2.43. The fraction of sp³-hybridized carbons (Fsp3) is 0.647. The summed E-state index contributed by atoms with van der Waals surface area (Å²) < 4.78 is 19.4. The molecule has 0 aliphatic carbocycles. The van der Waals surface area contributed by atoms with E-state index in [2.05, 4.69) is 4.98 Å². The smallest absolute Gasteiger partial charge is 0.410 e. The number of ether oxygens (including phenoxy) is 1. The minimum atomic E-state index is -0.471. The van der Waals surface area contributed by atoms with Crippen molar-refractivity contribution in [1.82, 2.24) is 9.88 Å². The first-order valence-electron chi connectivity index (χ1n) is 8.31. The average molecular weight is 336 g/mol. The molecule has 0 saturated carbocycles. The van der Waals surface area contributed by atoms with Gasteiger partial charge in [0.15, 0.2) is 11.6 Å². The molecule has 132 valence electrons. The van der Waals surface area contributed by atoms with Crippen molar-refractivity contribution in [2.45, 2.75) is 39.2 Å². The van der Waals surface area contributed by atoms with Gasteiger partial charge in [0, 0.05) is 37.7 Å². The molecule has 1 aromatic heterocycles. The number of likely N-dealkylation sites (tertiary alicyclic amines) is 1. The Hall–Kier alpha value is -2.05. The number of hydrogen-bond donors (Lipinski definition) is 1. The highest BCUT2D eigenvalue weighted by molar-refractivity contribution is 5.69. The van der Waals surface area contributed by atoms with Gasteiger partial charge in [-0.25, -0.2) is 14.2 Å². The van der Waals surface area contributed by atoms with Crippen molar-refractivity contribution in [1.29, 1.82) is 0 Å². The topological polar surface area (TPSA) is 71.7 Å². The minimum Gasteiger partial charge on any atom is -0.444 e. The van der Waals surface area contributed by atoms with Gasteiger partial charge in [-0.15, -0.1) is 0 Å². The maximum Gasteiger partial charge on any atom is 0.410 e. The Bertz CT molecular complexity index is 628. The summed E-state index contributed by atoms with van der Waals surface area (Å²) in [5.41, 5.74) is 5.54. The van der Waals surface area contributed by atoms with Crippen molar-refractivity contribution in [3.63, 3.8) is 0 Å². The Morgan fingerprint density at radius 2 is 1.96 bits per heavy atom. The first-order valence-corrected chi connectivity index (χ1v) is 8.31. The van der Waals surface area contributed by atoms with Gasteiger partial charge in [0.25, 0.3) is 0 Å². The molecule has 3 rings (SSSR count). The van der Waals surface area contributed by atoms with Gasteiger partial charge in [-0.2, -0.15) is 0 Å². The molecule has 2 saturated heterocycles. The number of anilines is 2. The number of carbonyl (C=O) groups is 1. The molecule has 7 heteroatoms. The van der Waals surface area contributed by atoms with Crippen LogP contribution in [0.2, 0.25) is 0 Å². The highest BCUT2D eigenvalue weighted by atomic mass is 19.1. The largest absolute Gasteiger partial charge is 0.444 e. The zero-order valence-electron chi connectivity index (χ0n) is 14.5. The number of amides is 1. The standard InChI is InChI=1S/C17H25FN4O2/c1-16(2,3)24-15(23)22-10-17(11-22)4-6-21(7-5-17)14-13(18)8-12(19)9-20-14/h8-9H,4-7,10-11,19H2,1-3H3. The lowest BCUT2D eigenvalue weighted by Gasteiger charge is -2.53. The Morgan fingerprint density at radius 3 is 2.50 bits per heavy atom. The minimum absolute atomic E-state index is 0.137. The second-order valence-electron chi connectivity index (χ2n) is 7.90. The van der Waals surface area contributed by atoms with Crippen LogP contribution in [0.5, 0.6) is 0 Å². The second-order valence-corrected chi connectivity index (χ2v) is 7.90. The van der Waals surface area contributed by atoms with Gasteiger partial charge >= 0.3 is 6.09 Å². The van der Waals surface area contributed by atoms with Crippen LogP contribution in [-0.4, -0.2) is 47.8 Å². The molecule has 0 bridgehead atoms. The van der Waals surface area contributed by atoms with E-state index in [0.717, 1.165) is 25.9 Å². The molecular weight excluding hydrogens is 311 g/mol. The second kappa shape index (κ2) is 5.79. The number of pyridine rings is 1. The number of nitrogen functional groups attached to an aromatic ring is 1. The molecule has 1 spiro atoms. The van der Waals surface area contributed by atoms with E-state index in [1.54, 1.807) is 4.90 Å². The Morgan fingerprint density at radius 1 is 1.33 bits per heavy atom. The lowest BCUT2D eigenvalue weighted by Crippen LogP contribution is -2.62. The van der Waals surface area contributed by atoms with Crippen molar-refractivity contribution in [2.24, 2.45) is 5.41 Å². The molecule has 2 aliphatic heterocycles. The summed E-state index contributed by atoms with van der Waals surface area (Å²) in [4.78, 5) is 19.9. The van der Waals surface area contributed by atoms with Gasteiger partial charge in [-0.05, 0) is 33.6 Å². The quantitative estimate of drug-likeness (QED) is 0.853. The third-order valence-electron chi connectivity index (χ3n) is 4.67. The Labute approximate surface area is 141 Å². The van der Waals surface area contributed by atoms with E-state index in [9.17, 15) is 9.18 Å². The number of nitrogens with two attached hydrogens (primary N) is 1. The summed E-state index contributed by atoms with van der Waals surface area (Å²) in [5, 5.41) is 0. The van der Waals surface area contributed by atoms with Crippen molar-refractivity contribution in [3.05, 3.63) is 18.1 Å². The summed E-state index contributed by atoms with van der Waals surface area (Å²) in [7, 11) is 0. The van der Waals surface area contributed by atoms with Crippen LogP contribution in [0.3, 0.4) is 0 Å². The van der Waals surface area contributed by atoms with Crippen LogP contribution in [0.25, 0.3) is 0 Å². The molecule has 6 nitrogen and oxygen atoms in total. The third-order valence-corrected chi connectivity index (χ3v) is 4.67. The summed E-state index contributed by atoms with van der Waals surface area (Å²) in [5.74, 6) is -0.0164. The molecule has 1 amide bonds. The Balaban J connectivity index is 1.54. The molecule has 1 aromatic rings. The molecule has 0 radical (unpaired) electrons. The molecule has 0 aromatic carbocycles. The normalized spacial score (nSPS) is 20.0. The Kier molecular flexibility index (Phi) is 4.05. The predicted octanol–water partition coefficient (Wildman–Crippen LogP) is 2.64. The summed E-state index contributed by atoms with van der Waals surface area (Å²) in [6.07, 6.45) is 3.06. The number of hydrogen-bond acceptors (Lipinski definition) is 5. The van der Waals surface area contributed by atoms with Crippen LogP contribution < -0.4 is 10.6 Å². The van der Waals surface area contributed by atoms with Crippen LogP contribution >= 0.6 is 0 Å². The summed E-state index contributed by atoms with van der Waals surface area (Å²) in [6.45, 7) is 8.50. The lowest BCUT2D eigenvalue weighted by atomic mass is 9.72. The molecular formula is C17H25FN4O2. The predicted molar refractivity (Wildman–Crippen MR) is 90.3 cm³/mol. The summed E-state index contributed by atoms with van der Waals surface area (Å²) >= 11 is 0. The van der Waals surface area contributed by atoms with E-state index < -0.39 is 5.60 Å². The molecule has 24 heavy (non-hydrogen) atoms. The lowest BCUT2D eigenvalue weighted by molar-refractivity contribution is -0.0435. The number of aromatic nitrogens is 1. The fourth-order valence-electron chi connectivity index (χ4n) is 3.41. The summed E-state index contributed by atoms with van der Waals surface area (Å²) in [6, 6.07) is 1.31. The van der Waals surface area contributed by atoms with Gasteiger partial charge in [-0.1, -0.05) is 0 Å². The number of halogens is 1. The van der Waals surface area contributed by atoms with Gasteiger partial charge in [0.05, 0.1) is 11.9 Å². The highest BCUT2D eigenvalue weighted by Crippen LogP contribution is 2.41. The van der Waals surface area contributed by atoms with Crippen molar-refractivity contribution in [2.75, 3.05) is 36.8 Å². The zero-order valence-corrected chi connectivity index (χ0v) is 14.5. The molecule has 0 unspecified atom stereocenters. The molecule has 0 atom stereocenters. The van der Waals surface area contributed by atoms with E-state index in [4.69, 9.17) is 10.5 Å². The molecule has 2 fully saturated rings. The molecule has 3 heterocycles. The van der Waals surface area contributed by atoms with Gasteiger partial charge in [0.1, 0.15) is 5.60 Å². The number of piperidine rings is 1. The molecule has 2 aliphatic rings. The van der Waals surface area contributed by atoms with Crippen molar-refractivity contribution >= 4 is 17.6 Å². The van der Waals surface area contributed by atoms with Gasteiger partial charge in [-0.3, -0.25) is 0 Å². The first-order chi connectivity index (χ1) is 11.2. The van der Waals surface area contributed by atoms with E-state index in [1.165, 1.54) is 12.3 Å². The SMILES string of the molecule is CC(C)(C)OC(=O)N1CC2(CCN(c3ncc(N)cc3F)CC2)C1. The van der Waals surface area contributed by atoms with E-state index >= 15 is 0 Å². The van der Waals surface area contributed by atoms with E-state index in [0.29, 0.717) is 24.6 Å². The van der Waals surface area contributed by atoms with E-state index in [-0.39, 0.29) is 17.3 Å². The van der Waals surface area contributed by atoms with Gasteiger partial charge < -0.3 is 20.3 Å². The highest BCUT2D eigenvalue weighted by Gasteiger charge is 2.48. The van der Waals surface area contributed by atoms with Crippen LogP contribution in [-0.2, 0) is 4.74 Å². The van der Waals surface area contributed by atoms with Crippen LogP contribution in [0.15, 0.2) is 12.3 Å². The van der Waals surface area contributed by atoms with E-state index in [1.807, 2.05) is 25.7 Å². The number of carbonyl (C=O) groups excluding carboxylic acids is 1. The first kappa shape index (κ1) is 16.8. The van der Waals surface area contributed by atoms with Crippen molar-refractivity contribution in [3.8, 4) is 0 Å². The van der Waals surface area contributed by atoms with Gasteiger partial charge in [0.2, 0.25) is 0 Å². The van der Waals surface area contributed by atoms with Crippen molar-refractivity contribution < 1.29 is 13.9 Å².